The minimum Gasteiger partial charge on any atom is -0.454 e. The number of likely N-dealkylation sites (N-methyl/N-ethyl adjacent to an activating group) is 1. The van der Waals surface area contributed by atoms with E-state index in [9.17, 15) is 0 Å². The maximum atomic E-state index is 5.65. The molecule has 23 heavy (non-hydrogen) atoms. The summed E-state index contributed by atoms with van der Waals surface area (Å²) in [6.07, 6.45) is 0. The molecule has 2 heterocycles. The average molecular weight is 332 g/mol. The predicted molar refractivity (Wildman–Crippen MR) is 94.3 cm³/mol. The number of hydrogen-bond acceptors (Lipinski definition) is 5. The van der Waals surface area contributed by atoms with Crippen molar-refractivity contribution in [3.05, 3.63) is 45.6 Å². The zero-order valence-electron chi connectivity index (χ0n) is 14.0. The van der Waals surface area contributed by atoms with Crippen molar-refractivity contribution >= 4 is 11.3 Å². The van der Waals surface area contributed by atoms with Crippen molar-refractivity contribution in [2.24, 2.45) is 0 Å². The fourth-order valence-electron chi connectivity index (χ4n) is 2.70. The predicted octanol–water partition coefficient (Wildman–Crippen LogP) is 3.35. The van der Waals surface area contributed by atoms with Gasteiger partial charge in [-0.2, -0.15) is 0 Å². The molecular weight excluding hydrogens is 308 g/mol. The van der Waals surface area contributed by atoms with Gasteiger partial charge in [-0.25, -0.2) is 0 Å². The van der Waals surface area contributed by atoms with Gasteiger partial charge in [-0.15, -0.1) is 11.3 Å². The van der Waals surface area contributed by atoms with E-state index in [0.717, 1.165) is 37.7 Å². The quantitative estimate of drug-likeness (QED) is 0.776. The number of aryl methyl sites for hydroxylation is 1. The average Bonchev–Trinajstić information content (AvgIpc) is 3.14. The number of ether oxygens (including phenoxy) is 2. The highest BCUT2D eigenvalue weighted by Gasteiger charge is 2.19. The van der Waals surface area contributed by atoms with Crippen LogP contribution >= 0.6 is 11.3 Å². The Bertz CT molecular complexity index is 654. The van der Waals surface area contributed by atoms with E-state index in [2.05, 4.69) is 49.0 Å². The van der Waals surface area contributed by atoms with Gasteiger partial charge in [0.25, 0.3) is 0 Å². The Morgan fingerprint density at radius 2 is 1.91 bits per heavy atom. The lowest BCUT2D eigenvalue weighted by Crippen LogP contribution is -2.31. The van der Waals surface area contributed by atoms with Crippen molar-refractivity contribution in [3.63, 3.8) is 0 Å². The van der Waals surface area contributed by atoms with E-state index in [-0.39, 0.29) is 0 Å². The number of nitrogens with zero attached hydrogens (tertiary/aromatic N) is 2. The Morgan fingerprint density at radius 3 is 2.65 bits per heavy atom. The van der Waals surface area contributed by atoms with Crippen LogP contribution in [-0.2, 0) is 13.1 Å². The molecule has 1 aliphatic heterocycles. The zero-order valence-corrected chi connectivity index (χ0v) is 14.9. The molecule has 0 saturated heterocycles. The van der Waals surface area contributed by atoms with Gasteiger partial charge in [0.1, 0.15) is 0 Å². The molecule has 1 aromatic carbocycles. The lowest BCUT2D eigenvalue weighted by atomic mass is 10.1. The summed E-state index contributed by atoms with van der Waals surface area (Å²) in [5.74, 6) is 1.77. The van der Waals surface area contributed by atoms with Crippen LogP contribution in [-0.4, -0.2) is 43.8 Å². The number of para-hydroxylation sites is 1. The van der Waals surface area contributed by atoms with Crippen LogP contribution in [0.3, 0.4) is 0 Å². The molecular formula is C18H24N2O2S. The molecule has 0 unspecified atom stereocenters. The molecule has 3 rings (SSSR count). The molecule has 0 N–H and O–H groups in total. The number of hydrogen-bond donors (Lipinski definition) is 0. The third kappa shape index (κ3) is 4.25. The molecule has 0 radical (unpaired) electrons. The van der Waals surface area contributed by atoms with Crippen molar-refractivity contribution in [3.8, 4) is 11.5 Å². The van der Waals surface area contributed by atoms with E-state index in [1.165, 1.54) is 15.3 Å². The van der Waals surface area contributed by atoms with Gasteiger partial charge in [-0.3, -0.25) is 4.90 Å². The normalized spacial score (nSPS) is 13.3. The summed E-state index contributed by atoms with van der Waals surface area (Å²) in [6.45, 7) is 6.39. The van der Waals surface area contributed by atoms with Crippen LogP contribution in [0, 0.1) is 6.92 Å². The Balaban J connectivity index is 1.74. The Hall–Kier alpha value is -1.56. The van der Waals surface area contributed by atoms with Crippen LogP contribution in [0.2, 0.25) is 0 Å². The van der Waals surface area contributed by atoms with Crippen LogP contribution in [0.5, 0.6) is 11.5 Å². The maximum absolute atomic E-state index is 5.65. The van der Waals surface area contributed by atoms with Crippen LogP contribution in [0.15, 0.2) is 30.3 Å². The smallest absolute Gasteiger partial charge is 0.231 e. The SMILES string of the molecule is Cc1ccc(CN(CCN(C)C)Cc2cccc3c2OCO3)s1. The van der Waals surface area contributed by atoms with Gasteiger partial charge in [0.2, 0.25) is 6.79 Å². The monoisotopic (exact) mass is 332 g/mol. The van der Waals surface area contributed by atoms with Crippen molar-refractivity contribution in [2.75, 3.05) is 34.0 Å². The molecule has 4 nitrogen and oxygen atoms in total. The first-order valence-electron chi connectivity index (χ1n) is 7.91. The van der Waals surface area contributed by atoms with E-state index in [1.807, 2.05) is 23.5 Å². The van der Waals surface area contributed by atoms with Gasteiger partial charge in [0.05, 0.1) is 0 Å². The lowest BCUT2D eigenvalue weighted by Gasteiger charge is -2.24. The number of rotatable bonds is 7. The standard InChI is InChI=1S/C18H24N2O2S/c1-14-7-8-16(23-14)12-20(10-9-19(2)3)11-15-5-4-6-17-18(15)22-13-21-17/h4-8H,9-13H2,1-3H3. The van der Waals surface area contributed by atoms with E-state index in [4.69, 9.17) is 9.47 Å². The third-order valence-corrected chi connectivity index (χ3v) is 4.90. The maximum Gasteiger partial charge on any atom is 0.231 e. The van der Waals surface area contributed by atoms with Crippen LogP contribution < -0.4 is 9.47 Å². The molecule has 5 heteroatoms. The minimum atomic E-state index is 0.328. The fraction of sp³-hybridized carbons (Fsp3) is 0.444. The summed E-state index contributed by atoms with van der Waals surface area (Å²) in [5, 5.41) is 0. The van der Waals surface area contributed by atoms with Gasteiger partial charge in [0, 0.05) is 41.5 Å². The molecule has 0 atom stereocenters. The summed E-state index contributed by atoms with van der Waals surface area (Å²) >= 11 is 1.88. The third-order valence-electron chi connectivity index (χ3n) is 3.91. The Morgan fingerprint density at radius 1 is 1.04 bits per heavy atom. The zero-order chi connectivity index (χ0) is 16.2. The van der Waals surface area contributed by atoms with E-state index < -0.39 is 0 Å². The van der Waals surface area contributed by atoms with Crippen LogP contribution in [0.25, 0.3) is 0 Å². The molecule has 0 aliphatic carbocycles. The molecule has 0 spiro atoms. The first kappa shape index (κ1) is 16.3. The summed E-state index contributed by atoms with van der Waals surface area (Å²) in [6, 6.07) is 10.6. The van der Waals surface area contributed by atoms with Crippen molar-refractivity contribution in [2.45, 2.75) is 20.0 Å². The molecule has 0 saturated carbocycles. The largest absolute Gasteiger partial charge is 0.454 e. The number of thiophene rings is 1. The summed E-state index contributed by atoms with van der Waals surface area (Å²) in [4.78, 5) is 7.47. The Labute approximate surface area is 142 Å². The molecule has 1 aliphatic rings. The lowest BCUT2D eigenvalue weighted by molar-refractivity contribution is 0.171. The summed E-state index contributed by atoms with van der Waals surface area (Å²) in [7, 11) is 4.23. The van der Waals surface area contributed by atoms with Gasteiger partial charge >= 0.3 is 0 Å². The van der Waals surface area contributed by atoms with Crippen LogP contribution in [0.4, 0.5) is 0 Å². The van der Waals surface area contributed by atoms with Gasteiger partial charge in [-0.05, 0) is 39.2 Å². The summed E-state index contributed by atoms with van der Waals surface area (Å²) < 4.78 is 11.1. The van der Waals surface area contributed by atoms with Crippen molar-refractivity contribution in [1.29, 1.82) is 0 Å². The van der Waals surface area contributed by atoms with E-state index >= 15 is 0 Å². The van der Waals surface area contributed by atoms with Crippen LogP contribution in [0.1, 0.15) is 15.3 Å². The first-order valence-corrected chi connectivity index (χ1v) is 8.73. The second-order valence-electron chi connectivity index (χ2n) is 6.18. The second-order valence-corrected chi connectivity index (χ2v) is 7.55. The molecule has 0 fully saturated rings. The minimum absolute atomic E-state index is 0.328. The molecule has 1 aromatic heterocycles. The molecule has 0 bridgehead atoms. The molecule has 2 aromatic rings. The molecule has 0 amide bonds. The first-order chi connectivity index (χ1) is 11.1. The fourth-order valence-corrected chi connectivity index (χ4v) is 3.63. The van der Waals surface area contributed by atoms with E-state index in [0.29, 0.717) is 6.79 Å². The van der Waals surface area contributed by atoms with Crippen molar-refractivity contribution in [1.82, 2.24) is 9.80 Å². The summed E-state index contributed by atoms with van der Waals surface area (Å²) in [5.41, 5.74) is 1.20. The van der Waals surface area contributed by atoms with Gasteiger partial charge in [-0.1, -0.05) is 12.1 Å². The molecule has 124 valence electrons. The van der Waals surface area contributed by atoms with Crippen molar-refractivity contribution < 1.29 is 9.47 Å². The highest BCUT2D eigenvalue weighted by molar-refractivity contribution is 7.11. The Kier molecular flexibility index (Phi) is 5.20. The highest BCUT2D eigenvalue weighted by Crippen LogP contribution is 2.36. The highest BCUT2D eigenvalue weighted by atomic mass is 32.1. The second kappa shape index (κ2) is 7.34. The number of fused-ring (bicyclic) bond motifs is 1. The van der Waals surface area contributed by atoms with Gasteiger partial charge < -0.3 is 14.4 Å². The van der Waals surface area contributed by atoms with E-state index in [1.54, 1.807) is 0 Å². The van der Waals surface area contributed by atoms with Gasteiger partial charge in [0.15, 0.2) is 11.5 Å². The number of benzene rings is 1. The topological polar surface area (TPSA) is 24.9 Å².